The van der Waals surface area contributed by atoms with E-state index in [0.717, 1.165) is 29.2 Å². The molecule has 1 aromatic heterocycles. The van der Waals surface area contributed by atoms with E-state index in [1.54, 1.807) is 4.90 Å². The first-order chi connectivity index (χ1) is 12.4. The summed E-state index contributed by atoms with van der Waals surface area (Å²) in [4.78, 5) is 9.74. The zero-order valence-corrected chi connectivity index (χ0v) is 16.3. The lowest BCUT2D eigenvalue weighted by molar-refractivity contribution is -0.139. The van der Waals surface area contributed by atoms with Crippen molar-refractivity contribution in [1.82, 2.24) is 9.97 Å². The molecule has 4 nitrogen and oxygen atoms in total. The fourth-order valence-electron chi connectivity index (χ4n) is 2.40. The molecule has 0 N–H and O–H groups in total. The Balaban J connectivity index is 2.38. The highest BCUT2D eigenvalue weighted by Gasteiger charge is 2.36. The summed E-state index contributed by atoms with van der Waals surface area (Å²) in [6.45, 7) is 4.57. The molecule has 2 rings (SSSR count). The Labute approximate surface area is 159 Å². The van der Waals surface area contributed by atoms with Gasteiger partial charge in [0.1, 0.15) is 5.56 Å². The van der Waals surface area contributed by atoms with Crippen LogP contribution in [-0.2, 0) is 6.18 Å². The number of alkyl halides is 3. The summed E-state index contributed by atoms with van der Waals surface area (Å²) in [7, 11) is 0. The van der Waals surface area contributed by atoms with E-state index in [0.29, 0.717) is 13.0 Å². The summed E-state index contributed by atoms with van der Waals surface area (Å²) >= 11 is 3.45. The first-order valence-corrected chi connectivity index (χ1v) is 9.26. The maximum Gasteiger partial charge on any atom is 0.423 e. The van der Waals surface area contributed by atoms with Crippen LogP contribution in [0, 0.1) is 0 Å². The number of benzene rings is 1. The van der Waals surface area contributed by atoms with Crippen molar-refractivity contribution < 1.29 is 17.9 Å². The van der Waals surface area contributed by atoms with Crippen LogP contribution >= 0.6 is 15.9 Å². The second kappa shape index (κ2) is 9.21. The van der Waals surface area contributed by atoms with E-state index in [2.05, 4.69) is 25.9 Å². The van der Waals surface area contributed by atoms with Crippen molar-refractivity contribution >= 4 is 27.6 Å². The minimum absolute atomic E-state index is 0.165. The molecule has 26 heavy (non-hydrogen) atoms. The Bertz CT molecular complexity index is 725. The number of unbranched alkanes of at least 4 members (excludes halogenated alkanes) is 2. The molecule has 0 amide bonds. The van der Waals surface area contributed by atoms with Crippen molar-refractivity contribution in [1.29, 1.82) is 0 Å². The average molecular weight is 432 g/mol. The molecule has 0 radical (unpaired) electrons. The number of hydrogen-bond donors (Lipinski definition) is 0. The van der Waals surface area contributed by atoms with Crippen LogP contribution in [0.25, 0.3) is 0 Å². The molecule has 0 saturated carbocycles. The van der Waals surface area contributed by atoms with Gasteiger partial charge < -0.3 is 9.64 Å². The number of halogens is 4. The van der Waals surface area contributed by atoms with E-state index >= 15 is 0 Å². The smallest absolute Gasteiger partial charge is 0.423 e. The topological polar surface area (TPSA) is 38.2 Å². The Kier molecular flexibility index (Phi) is 7.25. The molecule has 2 aromatic rings. The van der Waals surface area contributed by atoms with Gasteiger partial charge in [0.05, 0.1) is 12.3 Å². The molecule has 1 aromatic carbocycles. The zero-order chi connectivity index (χ0) is 19.2. The molecule has 0 aliphatic heterocycles. The van der Waals surface area contributed by atoms with Crippen molar-refractivity contribution in [3.8, 4) is 5.88 Å². The van der Waals surface area contributed by atoms with Crippen molar-refractivity contribution in [2.45, 2.75) is 39.3 Å². The lowest BCUT2D eigenvalue weighted by Crippen LogP contribution is -2.21. The lowest BCUT2D eigenvalue weighted by Gasteiger charge is -2.23. The van der Waals surface area contributed by atoms with Crippen LogP contribution < -0.4 is 9.64 Å². The van der Waals surface area contributed by atoms with Crippen molar-refractivity contribution in [2.24, 2.45) is 0 Å². The first-order valence-electron chi connectivity index (χ1n) is 8.47. The van der Waals surface area contributed by atoms with E-state index in [4.69, 9.17) is 4.74 Å². The van der Waals surface area contributed by atoms with Gasteiger partial charge in [-0.2, -0.15) is 18.2 Å². The van der Waals surface area contributed by atoms with Gasteiger partial charge >= 0.3 is 6.18 Å². The number of nitrogens with zero attached hydrogens (tertiary/aromatic N) is 3. The molecule has 0 saturated heterocycles. The monoisotopic (exact) mass is 431 g/mol. The van der Waals surface area contributed by atoms with Crippen LogP contribution in [0.1, 0.15) is 38.7 Å². The molecule has 142 valence electrons. The molecule has 1 heterocycles. The largest absolute Gasteiger partial charge is 0.477 e. The van der Waals surface area contributed by atoms with E-state index in [1.807, 2.05) is 38.1 Å². The maximum atomic E-state index is 13.2. The summed E-state index contributed by atoms with van der Waals surface area (Å²) < 4.78 is 45.9. The number of ether oxygens (including phenoxy) is 1. The Morgan fingerprint density at radius 1 is 1.15 bits per heavy atom. The van der Waals surface area contributed by atoms with Gasteiger partial charge in [-0.25, -0.2) is 4.98 Å². The highest BCUT2D eigenvalue weighted by Crippen LogP contribution is 2.37. The maximum absolute atomic E-state index is 13.2. The quantitative estimate of drug-likeness (QED) is 0.481. The predicted molar refractivity (Wildman–Crippen MR) is 98.9 cm³/mol. The van der Waals surface area contributed by atoms with Gasteiger partial charge in [-0.3, -0.25) is 0 Å². The van der Waals surface area contributed by atoms with E-state index in [1.165, 1.54) is 0 Å². The standard InChI is InChI=1S/C18H21BrF3N3O/c1-3-5-8-11-26-16-13(18(20,21)22)12-23-17(24-16)25(4-2)15-10-7-6-9-14(15)19/h6-7,9-10,12H,3-5,8,11H2,1-2H3. The third-order valence-corrected chi connectivity index (χ3v) is 4.40. The summed E-state index contributed by atoms with van der Waals surface area (Å²) in [6, 6.07) is 7.40. The molecule has 0 bridgehead atoms. The summed E-state index contributed by atoms with van der Waals surface area (Å²) in [5.74, 6) is -0.262. The number of anilines is 2. The van der Waals surface area contributed by atoms with Crippen LogP contribution in [-0.4, -0.2) is 23.1 Å². The highest BCUT2D eigenvalue weighted by molar-refractivity contribution is 9.10. The van der Waals surface area contributed by atoms with E-state index < -0.39 is 17.6 Å². The van der Waals surface area contributed by atoms with Gasteiger partial charge in [0.2, 0.25) is 11.8 Å². The number of para-hydroxylation sites is 1. The third-order valence-electron chi connectivity index (χ3n) is 3.73. The lowest BCUT2D eigenvalue weighted by atomic mass is 10.2. The fraction of sp³-hybridized carbons (Fsp3) is 0.444. The Hall–Kier alpha value is -1.83. The molecule has 0 aliphatic carbocycles. The molecular formula is C18H21BrF3N3O. The Morgan fingerprint density at radius 3 is 2.50 bits per heavy atom. The average Bonchev–Trinajstić information content (AvgIpc) is 2.60. The minimum Gasteiger partial charge on any atom is -0.477 e. The normalized spacial score (nSPS) is 11.5. The van der Waals surface area contributed by atoms with E-state index in [9.17, 15) is 13.2 Å². The van der Waals surface area contributed by atoms with Crippen LogP contribution in [0.2, 0.25) is 0 Å². The minimum atomic E-state index is -4.57. The van der Waals surface area contributed by atoms with Gasteiger partial charge in [0.15, 0.2) is 0 Å². The van der Waals surface area contributed by atoms with Gasteiger partial charge in [-0.15, -0.1) is 0 Å². The molecule has 0 fully saturated rings. The number of aromatic nitrogens is 2. The van der Waals surface area contributed by atoms with Crippen LogP contribution in [0.3, 0.4) is 0 Å². The van der Waals surface area contributed by atoms with Crippen molar-refractivity contribution in [3.05, 3.63) is 40.5 Å². The summed E-state index contributed by atoms with van der Waals surface area (Å²) in [5.41, 5.74) is -0.187. The first kappa shape index (κ1) is 20.5. The van der Waals surface area contributed by atoms with E-state index in [-0.39, 0.29) is 12.6 Å². The van der Waals surface area contributed by atoms with Gasteiger partial charge in [0.25, 0.3) is 0 Å². The molecule has 0 atom stereocenters. The molecular weight excluding hydrogens is 411 g/mol. The fourth-order valence-corrected chi connectivity index (χ4v) is 2.90. The number of rotatable bonds is 8. The molecule has 0 aliphatic rings. The van der Waals surface area contributed by atoms with Crippen LogP contribution in [0.4, 0.5) is 24.8 Å². The molecule has 0 spiro atoms. The third kappa shape index (κ3) is 5.09. The summed E-state index contributed by atoms with van der Waals surface area (Å²) in [6.07, 6.45) is -1.26. The predicted octanol–water partition coefficient (Wildman–Crippen LogP) is 5.98. The van der Waals surface area contributed by atoms with Crippen molar-refractivity contribution in [3.63, 3.8) is 0 Å². The van der Waals surface area contributed by atoms with Crippen LogP contribution in [0.5, 0.6) is 5.88 Å². The zero-order valence-electron chi connectivity index (χ0n) is 14.7. The van der Waals surface area contributed by atoms with Gasteiger partial charge in [-0.05, 0) is 41.4 Å². The SMILES string of the molecule is CCCCCOc1nc(N(CC)c2ccccc2Br)ncc1C(F)(F)F. The summed E-state index contributed by atoms with van der Waals surface area (Å²) in [5, 5.41) is 0. The second-order valence-electron chi connectivity index (χ2n) is 5.64. The van der Waals surface area contributed by atoms with Gasteiger partial charge in [-0.1, -0.05) is 31.9 Å². The van der Waals surface area contributed by atoms with Gasteiger partial charge in [0, 0.05) is 17.2 Å². The molecule has 8 heteroatoms. The highest BCUT2D eigenvalue weighted by atomic mass is 79.9. The van der Waals surface area contributed by atoms with Crippen molar-refractivity contribution in [2.75, 3.05) is 18.1 Å². The Morgan fingerprint density at radius 2 is 1.88 bits per heavy atom. The van der Waals surface area contributed by atoms with Crippen LogP contribution in [0.15, 0.2) is 34.9 Å². The second-order valence-corrected chi connectivity index (χ2v) is 6.49. The number of hydrogen-bond acceptors (Lipinski definition) is 4. The molecule has 0 unspecified atom stereocenters.